The molecule has 1 saturated heterocycles. The van der Waals surface area contributed by atoms with E-state index in [1.54, 1.807) is 24.4 Å². The van der Waals surface area contributed by atoms with Crippen molar-refractivity contribution >= 4 is 21.7 Å². The van der Waals surface area contributed by atoms with Gasteiger partial charge in [-0.15, -0.1) is 0 Å². The molecule has 1 aliphatic rings. The third-order valence-corrected chi connectivity index (χ3v) is 7.15. The second-order valence-electron chi connectivity index (χ2n) is 8.32. The molecule has 1 atom stereocenters. The van der Waals surface area contributed by atoms with Crippen LogP contribution in [0.25, 0.3) is 0 Å². The molecule has 0 radical (unpaired) electrons. The van der Waals surface area contributed by atoms with E-state index < -0.39 is 15.9 Å². The smallest absolute Gasteiger partial charge is 0.281 e. The number of sulfonamides is 1. The number of pyridine rings is 2. The van der Waals surface area contributed by atoms with Gasteiger partial charge in [-0.25, -0.2) is 9.71 Å². The molecule has 31 heavy (non-hydrogen) atoms. The lowest BCUT2D eigenvalue weighted by Gasteiger charge is -2.36. The molecule has 168 valence electrons. The number of anilines is 1. The van der Waals surface area contributed by atoms with Gasteiger partial charge in [-0.1, -0.05) is 26.3 Å². The van der Waals surface area contributed by atoms with Crippen molar-refractivity contribution in [2.24, 2.45) is 5.92 Å². The van der Waals surface area contributed by atoms with E-state index >= 15 is 0 Å². The van der Waals surface area contributed by atoms with Gasteiger partial charge in [-0.2, -0.15) is 13.4 Å². The predicted molar refractivity (Wildman–Crippen MR) is 119 cm³/mol. The minimum Gasteiger partial charge on any atom is -0.478 e. The quantitative estimate of drug-likeness (QED) is 0.620. The molecule has 0 bridgehead atoms. The molecule has 1 unspecified atom stereocenters. The number of hydrogen-bond acceptors (Lipinski definition) is 7. The molecule has 2 aromatic rings. The normalized spacial score (nSPS) is 18.1. The standard InChI is InChI=1S/C22H30N4O4S/c1-5-6-15-30-18-10-7-11-19(24-18)31(28,29)25-21(27)17-9-8-13-23-20(17)26-14-12-16(2)22(26,3)4/h7-11,13,16H,5-6,12,14-15H2,1-4H3,(H,25,27). The van der Waals surface area contributed by atoms with Crippen LogP contribution in [0.15, 0.2) is 41.6 Å². The monoisotopic (exact) mass is 446 g/mol. The summed E-state index contributed by atoms with van der Waals surface area (Å²) >= 11 is 0. The molecule has 1 aliphatic heterocycles. The van der Waals surface area contributed by atoms with Crippen molar-refractivity contribution in [2.45, 2.75) is 57.5 Å². The summed E-state index contributed by atoms with van der Waals surface area (Å²) in [6, 6.07) is 7.67. The first-order valence-electron chi connectivity index (χ1n) is 10.6. The summed E-state index contributed by atoms with van der Waals surface area (Å²) in [5.41, 5.74) is 0.0112. The zero-order chi connectivity index (χ0) is 22.6. The van der Waals surface area contributed by atoms with Crippen LogP contribution in [0.2, 0.25) is 0 Å². The van der Waals surface area contributed by atoms with Gasteiger partial charge in [-0.3, -0.25) is 4.79 Å². The summed E-state index contributed by atoms with van der Waals surface area (Å²) < 4.78 is 33.3. The summed E-state index contributed by atoms with van der Waals surface area (Å²) in [5, 5.41) is -0.268. The molecule has 9 heteroatoms. The average molecular weight is 447 g/mol. The lowest BCUT2D eigenvalue weighted by Crippen LogP contribution is -2.43. The zero-order valence-corrected chi connectivity index (χ0v) is 19.3. The second kappa shape index (κ2) is 9.21. The molecule has 1 amide bonds. The van der Waals surface area contributed by atoms with Gasteiger partial charge in [0.2, 0.25) is 5.88 Å². The van der Waals surface area contributed by atoms with Crippen LogP contribution in [0.3, 0.4) is 0 Å². The van der Waals surface area contributed by atoms with Gasteiger partial charge in [-0.05, 0) is 50.8 Å². The van der Waals surface area contributed by atoms with E-state index in [4.69, 9.17) is 4.74 Å². The molecule has 3 heterocycles. The highest BCUT2D eigenvalue weighted by Crippen LogP contribution is 2.38. The number of ether oxygens (including phenoxy) is 1. The Bertz CT molecular complexity index is 1040. The minimum atomic E-state index is -4.18. The highest BCUT2D eigenvalue weighted by atomic mass is 32.2. The number of nitrogens with zero attached hydrogens (tertiary/aromatic N) is 3. The van der Waals surface area contributed by atoms with E-state index in [0.717, 1.165) is 25.8 Å². The zero-order valence-electron chi connectivity index (χ0n) is 18.5. The van der Waals surface area contributed by atoms with Gasteiger partial charge in [0.05, 0.1) is 12.2 Å². The number of amides is 1. The molecule has 2 aromatic heterocycles. The first-order valence-corrected chi connectivity index (χ1v) is 12.0. The summed E-state index contributed by atoms with van der Waals surface area (Å²) in [6.45, 7) is 9.59. The van der Waals surface area contributed by atoms with E-state index in [-0.39, 0.29) is 22.0 Å². The molecular formula is C22H30N4O4S. The summed E-state index contributed by atoms with van der Waals surface area (Å²) in [4.78, 5) is 23.5. The maximum atomic E-state index is 13.0. The Kier molecular flexibility index (Phi) is 6.83. The number of nitrogens with one attached hydrogen (secondary N) is 1. The molecule has 0 aromatic carbocycles. The largest absolute Gasteiger partial charge is 0.478 e. The molecule has 0 spiro atoms. The Morgan fingerprint density at radius 2 is 2.06 bits per heavy atom. The van der Waals surface area contributed by atoms with Gasteiger partial charge >= 0.3 is 0 Å². The SMILES string of the molecule is CCCCOc1cccc(S(=O)(=O)NC(=O)c2cccnc2N2CCC(C)C2(C)C)n1. The number of unbranched alkanes of at least 4 members (excludes halogenated alkanes) is 1. The van der Waals surface area contributed by atoms with Crippen molar-refractivity contribution in [3.63, 3.8) is 0 Å². The number of hydrogen-bond donors (Lipinski definition) is 1. The molecular weight excluding hydrogens is 416 g/mol. The first kappa shape index (κ1) is 23.0. The highest BCUT2D eigenvalue weighted by molar-refractivity contribution is 7.90. The van der Waals surface area contributed by atoms with Crippen LogP contribution in [0, 0.1) is 5.92 Å². The third-order valence-electron chi connectivity index (χ3n) is 5.92. The van der Waals surface area contributed by atoms with Crippen molar-refractivity contribution < 1.29 is 17.9 Å². The lowest BCUT2D eigenvalue weighted by molar-refractivity contribution is 0.0981. The molecule has 0 aliphatic carbocycles. The Labute approximate surface area is 184 Å². The predicted octanol–water partition coefficient (Wildman–Crippen LogP) is 3.40. The first-order chi connectivity index (χ1) is 14.7. The van der Waals surface area contributed by atoms with Crippen LogP contribution in [-0.2, 0) is 10.0 Å². The fourth-order valence-electron chi connectivity index (χ4n) is 3.57. The minimum absolute atomic E-state index is 0.200. The fourth-order valence-corrected chi connectivity index (χ4v) is 4.50. The van der Waals surface area contributed by atoms with Crippen molar-refractivity contribution in [1.82, 2.24) is 14.7 Å². The highest BCUT2D eigenvalue weighted by Gasteiger charge is 2.40. The van der Waals surface area contributed by atoms with E-state index in [1.807, 2.05) is 6.92 Å². The summed E-state index contributed by atoms with van der Waals surface area (Å²) in [7, 11) is -4.18. The van der Waals surface area contributed by atoms with Gasteiger partial charge < -0.3 is 9.64 Å². The summed E-state index contributed by atoms with van der Waals surface area (Å²) in [6.07, 6.45) is 4.37. The summed E-state index contributed by atoms with van der Waals surface area (Å²) in [5.74, 6) is 0.360. The van der Waals surface area contributed by atoms with Gasteiger partial charge in [0, 0.05) is 24.3 Å². The van der Waals surface area contributed by atoms with Crippen LogP contribution in [0.5, 0.6) is 5.88 Å². The number of aromatic nitrogens is 2. The van der Waals surface area contributed by atoms with Crippen LogP contribution in [-0.4, -0.2) is 43.0 Å². The maximum Gasteiger partial charge on any atom is 0.281 e. The number of rotatable bonds is 8. The average Bonchev–Trinajstić information content (AvgIpc) is 3.00. The van der Waals surface area contributed by atoms with E-state index in [0.29, 0.717) is 18.3 Å². The molecule has 1 N–H and O–H groups in total. The number of carbonyl (C=O) groups is 1. The molecule has 1 fully saturated rings. The van der Waals surface area contributed by atoms with Crippen LogP contribution >= 0.6 is 0 Å². The van der Waals surface area contributed by atoms with Crippen LogP contribution < -0.4 is 14.4 Å². The third kappa shape index (κ3) is 4.98. The van der Waals surface area contributed by atoms with Crippen molar-refractivity contribution in [1.29, 1.82) is 0 Å². The fraction of sp³-hybridized carbons (Fsp3) is 0.500. The van der Waals surface area contributed by atoms with Gasteiger partial charge in [0.15, 0.2) is 5.03 Å². The van der Waals surface area contributed by atoms with E-state index in [9.17, 15) is 13.2 Å². The number of carbonyl (C=O) groups excluding carboxylic acids is 1. The second-order valence-corrected chi connectivity index (χ2v) is 9.95. The Morgan fingerprint density at radius 1 is 1.29 bits per heavy atom. The van der Waals surface area contributed by atoms with E-state index in [1.165, 1.54) is 12.1 Å². The molecule has 0 saturated carbocycles. The van der Waals surface area contributed by atoms with Gasteiger partial charge in [0.1, 0.15) is 5.82 Å². The maximum absolute atomic E-state index is 13.0. The molecule has 3 rings (SSSR count). The Hall–Kier alpha value is -2.68. The lowest BCUT2D eigenvalue weighted by atomic mass is 9.90. The van der Waals surface area contributed by atoms with Crippen molar-refractivity contribution in [2.75, 3.05) is 18.1 Å². The topological polar surface area (TPSA) is 101 Å². The van der Waals surface area contributed by atoms with Crippen molar-refractivity contribution in [3.8, 4) is 5.88 Å². The van der Waals surface area contributed by atoms with Crippen LogP contribution in [0.1, 0.15) is 57.3 Å². The van der Waals surface area contributed by atoms with Gasteiger partial charge in [0.25, 0.3) is 15.9 Å². The van der Waals surface area contributed by atoms with E-state index in [2.05, 4.69) is 40.4 Å². The Balaban J connectivity index is 1.83. The van der Waals surface area contributed by atoms with Crippen molar-refractivity contribution in [3.05, 3.63) is 42.1 Å². The van der Waals surface area contributed by atoms with Crippen LogP contribution in [0.4, 0.5) is 5.82 Å². The molecule has 8 nitrogen and oxygen atoms in total. The Morgan fingerprint density at radius 3 is 2.74 bits per heavy atom.